The Morgan fingerprint density at radius 1 is 1.29 bits per heavy atom. The number of hydrogen-bond donors (Lipinski definition) is 2. The van der Waals surface area contributed by atoms with Crippen molar-refractivity contribution in [3.05, 3.63) is 23.8 Å². The number of likely N-dealkylation sites (N-methyl/N-ethyl adjacent to an activating group) is 1. The molecule has 1 fully saturated rings. The van der Waals surface area contributed by atoms with E-state index in [-0.39, 0.29) is 0 Å². The summed E-state index contributed by atoms with van der Waals surface area (Å²) < 4.78 is 0. The van der Waals surface area contributed by atoms with E-state index < -0.39 is 0 Å². The van der Waals surface area contributed by atoms with Crippen molar-refractivity contribution >= 4 is 17.0 Å². The average Bonchev–Trinajstić information content (AvgIpc) is 2.72. The highest BCUT2D eigenvalue weighted by Crippen LogP contribution is 2.18. The minimum atomic E-state index is 1.03. The molecule has 2 N–H and O–H groups in total. The molecule has 4 nitrogen and oxygen atoms in total. The SMILES string of the molecule is Cc1ccc2nc(N3CC[NH+](C)CC3)[nH]c2c1. The van der Waals surface area contributed by atoms with Crippen LogP contribution in [0.15, 0.2) is 18.2 Å². The third kappa shape index (κ3) is 2.00. The lowest BCUT2D eigenvalue weighted by atomic mass is 10.2. The Hall–Kier alpha value is -1.55. The second kappa shape index (κ2) is 4.04. The molecule has 1 saturated heterocycles. The summed E-state index contributed by atoms with van der Waals surface area (Å²) in [5, 5.41) is 0. The van der Waals surface area contributed by atoms with Gasteiger partial charge in [-0.3, -0.25) is 0 Å². The Balaban J connectivity index is 1.90. The zero-order chi connectivity index (χ0) is 11.8. The lowest BCUT2D eigenvalue weighted by Gasteiger charge is -2.29. The van der Waals surface area contributed by atoms with E-state index in [9.17, 15) is 0 Å². The van der Waals surface area contributed by atoms with E-state index in [0.29, 0.717) is 0 Å². The number of benzene rings is 1. The van der Waals surface area contributed by atoms with Crippen LogP contribution in [-0.4, -0.2) is 43.2 Å². The van der Waals surface area contributed by atoms with Gasteiger partial charge >= 0.3 is 0 Å². The van der Waals surface area contributed by atoms with E-state index in [2.05, 4.69) is 47.0 Å². The Kier molecular flexibility index (Phi) is 2.52. The van der Waals surface area contributed by atoms with E-state index in [1.807, 2.05) is 0 Å². The van der Waals surface area contributed by atoms with Crippen LogP contribution in [0.2, 0.25) is 0 Å². The fourth-order valence-electron chi connectivity index (χ4n) is 2.36. The molecule has 0 radical (unpaired) electrons. The van der Waals surface area contributed by atoms with Crippen LogP contribution < -0.4 is 9.80 Å². The minimum absolute atomic E-state index is 1.03. The van der Waals surface area contributed by atoms with Gasteiger partial charge in [0.1, 0.15) is 0 Å². The number of aromatic nitrogens is 2. The van der Waals surface area contributed by atoms with Crippen LogP contribution in [-0.2, 0) is 0 Å². The zero-order valence-electron chi connectivity index (χ0n) is 10.5. The molecule has 1 aromatic heterocycles. The van der Waals surface area contributed by atoms with Gasteiger partial charge in [0.05, 0.1) is 44.3 Å². The number of fused-ring (bicyclic) bond motifs is 1. The summed E-state index contributed by atoms with van der Waals surface area (Å²) in [5.41, 5.74) is 3.48. The first kappa shape index (κ1) is 10.6. The highest BCUT2D eigenvalue weighted by Gasteiger charge is 2.19. The van der Waals surface area contributed by atoms with Gasteiger partial charge in [-0.2, -0.15) is 0 Å². The number of anilines is 1. The van der Waals surface area contributed by atoms with Crippen LogP contribution in [0.5, 0.6) is 0 Å². The highest BCUT2D eigenvalue weighted by atomic mass is 15.3. The second-order valence-corrected chi connectivity index (χ2v) is 5.03. The van der Waals surface area contributed by atoms with Gasteiger partial charge in [-0.15, -0.1) is 0 Å². The standard InChI is InChI=1S/C13H18N4/c1-10-3-4-11-12(9-10)15-13(14-11)17-7-5-16(2)6-8-17/h3-4,9H,5-8H2,1-2H3,(H,14,15)/p+1. The van der Waals surface area contributed by atoms with Crippen molar-refractivity contribution in [1.82, 2.24) is 9.97 Å². The maximum absolute atomic E-state index is 4.66. The largest absolute Gasteiger partial charge is 0.334 e. The topological polar surface area (TPSA) is 36.4 Å². The summed E-state index contributed by atoms with van der Waals surface area (Å²) >= 11 is 0. The van der Waals surface area contributed by atoms with E-state index in [4.69, 9.17) is 0 Å². The maximum Gasteiger partial charge on any atom is 0.204 e. The van der Waals surface area contributed by atoms with Crippen LogP contribution in [0.25, 0.3) is 11.0 Å². The monoisotopic (exact) mass is 231 g/mol. The maximum atomic E-state index is 4.66. The molecule has 2 aromatic rings. The van der Waals surface area contributed by atoms with Gasteiger partial charge in [-0.25, -0.2) is 4.98 Å². The van der Waals surface area contributed by atoms with Crippen molar-refractivity contribution in [1.29, 1.82) is 0 Å². The summed E-state index contributed by atoms with van der Waals surface area (Å²) in [5.74, 6) is 1.03. The summed E-state index contributed by atoms with van der Waals surface area (Å²) in [4.78, 5) is 12.0. The van der Waals surface area contributed by atoms with Gasteiger partial charge < -0.3 is 14.8 Å². The molecule has 0 aliphatic carbocycles. The molecule has 0 unspecified atom stereocenters. The number of quaternary nitrogens is 1. The van der Waals surface area contributed by atoms with E-state index in [1.54, 1.807) is 4.90 Å². The minimum Gasteiger partial charge on any atom is -0.334 e. The Morgan fingerprint density at radius 2 is 2.06 bits per heavy atom. The zero-order valence-corrected chi connectivity index (χ0v) is 10.5. The van der Waals surface area contributed by atoms with Gasteiger partial charge in [0.15, 0.2) is 0 Å². The smallest absolute Gasteiger partial charge is 0.204 e. The Morgan fingerprint density at radius 3 is 2.82 bits per heavy atom. The molecule has 0 saturated carbocycles. The summed E-state index contributed by atoms with van der Waals surface area (Å²) in [6.45, 7) is 6.67. The van der Waals surface area contributed by atoms with E-state index >= 15 is 0 Å². The average molecular weight is 231 g/mol. The van der Waals surface area contributed by atoms with E-state index in [0.717, 1.165) is 30.1 Å². The van der Waals surface area contributed by atoms with E-state index in [1.165, 1.54) is 18.7 Å². The predicted octanol–water partition coefficient (Wildman–Crippen LogP) is 0.206. The first-order chi connectivity index (χ1) is 8.22. The molecule has 1 aliphatic rings. The number of piperazine rings is 1. The lowest BCUT2D eigenvalue weighted by Crippen LogP contribution is -3.12. The Labute approximate surface area is 101 Å². The fraction of sp³-hybridized carbons (Fsp3) is 0.462. The molecular weight excluding hydrogens is 212 g/mol. The Bertz CT molecular complexity index is 523. The number of nitrogens with zero attached hydrogens (tertiary/aromatic N) is 2. The quantitative estimate of drug-likeness (QED) is 0.736. The number of hydrogen-bond acceptors (Lipinski definition) is 2. The number of imidazole rings is 1. The summed E-state index contributed by atoms with van der Waals surface area (Å²) in [7, 11) is 2.25. The summed E-state index contributed by atoms with van der Waals surface area (Å²) in [6, 6.07) is 6.36. The fourth-order valence-corrected chi connectivity index (χ4v) is 2.36. The first-order valence-corrected chi connectivity index (χ1v) is 6.25. The number of H-pyrrole nitrogens is 1. The van der Waals surface area contributed by atoms with Crippen LogP contribution in [0, 0.1) is 6.92 Å². The molecule has 1 aliphatic heterocycles. The summed E-state index contributed by atoms with van der Waals surface area (Å²) in [6.07, 6.45) is 0. The first-order valence-electron chi connectivity index (χ1n) is 6.25. The predicted molar refractivity (Wildman–Crippen MR) is 69.7 cm³/mol. The van der Waals surface area contributed by atoms with Gasteiger partial charge in [0.25, 0.3) is 0 Å². The molecule has 90 valence electrons. The van der Waals surface area contributed by atoms with Crippen LogP contribution in [0.3, 0.4) is 0 Å². The van der Waals surface area contributed by atoms with Crippen molar-refractivity contribution in [3.63, 3.8) is 0 Å². The van der Waals surface area contributed by atoms with Gasteiger partial charge in [-0.05, 0) is 24.6 Å². The number of aryl methyl sites for hydroxylation is 1. The second-order valence-electron chi connectivity index (χ2n) is 5.03. The van der Waals surface area contributed by atoms with Crippen molar-refractivity contribution in [2.75, 3.05) is 38.1 Å². The number of nitrogens with one attached hydrogen (secondary N) is 2. The number of aromatic amines is 1. The third-order valence-electron chi connectivity index (χ3n) is 3.54. The molecule has 3 rings (SSSR count). The van der Waals surface area contributed by atoms with Gasteiger partial charge in [0, 0.05) is 0 Å². The lowest BCUT2D eigenvalue weighted by molar-refractivity contribution is -0.880. The molecule has 4 heteroatoms. The van der Waals surface area contributed by atoms with Crippen molar-refractivity contribution in [3.8, 4) is 0 Å². The highest BCUT2D eigenvalue weighted by molar-refractivity contribution is 5.78. The molecule has 0 spiro atoms. The van der Waals surface area contributed by atoms with Crippen LogP contribution in [0.1, 0.15) is 5.56 Å². The van der Waals surface area contributed by atoms with Crippen molar-refractivity contribution in [2.24, 2.45) is 0 Å². The van der Waals surface area contributed by atoms with Crippen molar-refractivity contribution in [2.45, 2.75) is 6.92 Å². The van der Waals surface area contributed by atoms with Gasteiger partial charge in [0.2, 0.25) is 5.95 Å². The molecule has 0 amide bonds. The molecule has 0 bridgehead atoms. The third-order valence-corrected chi connectivity index (χ3v) is 3.54. The molecule has 17 heavy (non-hydrogen) atoms. The molecule has 2 heterocycles. The molecular formula is C13H19N4+. The van der Waals surface area contributed by atoms with Crippen LogP contribution >= 0.6 is 0 Å². The van der Waals surface area contributed by atoms with Gasteiger partial charge in [-0.1, -0.05) is 6.07 Å². The van der Waals surface area contributed by atoms with Crippen LogP contribution in [0.4, 0.5) is 5.95 Å². The van der Waals surface area contributed by atoms with Crippen molar-refractivity contribution < 1.29 is 4.90 Å². The molecule has 1 aromatic carbocycles. The normalized spacial score (nSPS) is 17.9. The molecule has 0 atom stereocenters. The number of rotatable bonds is 1.